The van der Waals surface area contributed by atoms with Gasteiger partial charge in [0.25, 0.3) is 5.91 Å². The lowest BCUT2D eigenvalue weighted by Gasteiger charge is -2.10. The summed E-state index contributed by atoms with van der Waals surface area (Å²) in [6.45, 7) is 3.24. The molecule has 2 rings (SSSR count). The molecule has 0 radical (unpaired) electrons. The van der Waals surface area contributed by atoms with Crippen LogP contribution in [0.15, 0.2) is 48.0 Å². The third kappa shape index (κ3) is 5.59. The van der Waals surface area contributed by atoms with Gasteiger partial charge in [-0.25, -0.2) is 4.79 Å². The van der Waals surface area contributed by atoms with E-state index in [1.165, 1.54) is 13.0 Å². The number of hydrogen-bond acceptors (Lipinski definition) is 4. The first-order chi connectivity index (χ1) is 12.8. The van der Waals surface area contributed by atoms with Gasteiger partial charge in [-0.05, 0) is 55.3 Å². The summed E-state index contributed by atoms with van der Waals surface area (Å²) in [4.78, 5) is 23.2. The number of halogens is 1. The third-order valence-electron chi connectivity index (χ3n) is 3.66. The fraction of sp³-hybridized carbons (Fsp3) is 0.150. The van der Waals surface area contributed by atoms with Gasteiger partial charge >= 0.3 is 5.97 Å². The highest BCUT2D eigenvalue weighted by atomic mass is 35.5. The summed E-state index contributed by atoms with van der Waals surface area (Å²) in [7, 11) is 0. The van der Waals surface area contributed by atoms with Crippen LogP contribution in [0.1, 0.15) is 18.1 Å². The van der Waals surface area contributed by atoms with Crippen molar-refractivity contribution in [2.24, 2.45) is 0 Å². The number of hydrogen-bond donors (Lipinski definition) is 2. The lowest BCUT2D eigenvalue weighted by Crippen LogP contribution is -2.22. The Morgan fingerprint density at radius 3 is 2.52 bits per heavy atom. The van der Waals surface area contributed by atoms with E-state index in [4.69, 9.17) is 21.4 Å². The fourth-order valence-electron chi connectivity index (χ4n) is 2.13. The van der Waals surface area contributed by atoms with Gasteiger partial charge in [0, 0.05) is 10.7 Å². The molecule has 0 spiro atoms. The van der Waals surface area contributed by atoms with Crippen LogP contribution >= 0.6 is 11.6 Å². The van der Waals surface area contributed by atoms with Crippen LogP contribution < -0.4 is 10.1 Å². The van der Waals surface area contributed by atoms with Crippen molar-refractivity contribution in [3.8, 4) is 11.8 Å². The Bertz CT molecular complexity index is 930. The summed E-state index contributed by atoms with van der Waals surface area (Å²) in [5.41, 5.74) is 1.86. The molecule has 1 atom stereocenters. The number of nitrogens with one attached hydrogen (secondary N) is 1. The molecule has 0 fully saturated rings. The molecule has 0 saturated heterocycles. The molecule has 0 aliphatic heterocycles. The second-order valence-corrected chi connectivity index (χ2v) is 6.19. The van der Waals surface area contributed by atoms with Gasteiger partial charge in [-0.3, -0.25) is 4.79 Å². The molecule has 0 aromatic heterocycles. The van der Waals surface area contributed by atoms with E-state index in [9.17, 15) is 14.9 Å². The quantitative estimate of drug-likeness (QED) is 0.578. The minimum Gasteiger partial charge on any atom is -0.479 e. The SMILES string of the molecule is Cc1ccc(Cl)cc1NC(=O)/C(C#N)=C/c1ccc(OC(C)C(=O)O)cc1. The maximum atomic E-state index is 12.4. The third-order valence-corrected chi connectivity index (χ3v) is 3.90. The Morgan fingerprint density at radius 2 is 1.93 bits per heavy atom. The highest BCUT2D eigenvalue weighted by Gasteiger charge is 2.13. The normalized spacial score (nSPS) is 12.0. The monoisotopic (exact) mass is 384 g/mol. The lowest BCUT2D eigenvalue weighted by molar-refractivity contribution is -0.144. The van der Waals surface area contributed by atoms with E-state index >= 15 is 0 Å². The predicted octanol–water partition coefficient (Wildman–Crippen LogP) is 4.05. The van der Waals surface area contributed by atoms with Crippen molar-refractivity contribution in [2.45, 2.75) is 20.0 Å². The van der Waals surface area contributed by atoms with Crippen LogP contribution in [0.3, 0.4) is 0 Å². The first-order valence-electron chi connectivity index (χ1n) is 7.99. The van der Waals surface area contributed by atoms with Gasteiger partial charge < -0.3 is 15.2 Å². The number of anilines is 1. The molecule has 2 N–H and O–H groups in total. The van der Waals surface area contributed by atoms with Gasteiger partial charge in [0.2, 0.25) is 0 Å². The highest BCUT2D eigenvalue weighted by molar-refractivity contribution is 6.31. The molecular formula is C20H17ClN2O4. The smallest absolute Gasteiger partial charge is 0.344 e. The van der Waals surface area contributed by atoms with E-state index in [1.807, 2.05) is 13.0 Å². The van der Waals surface area contributed by atoms with Crippen LogP contribution in [0, 0.1) is 18.3 Å². The van der Waals surface area contributed by atoms with Crippen LogP contribution in [0.2, 0.25) is 5.02 Å². The van der Waals surface area contributed by atoms with E-state index < -0.39 is 18.0 Å². The minimum atomic E-state index is -1.07. The molecule has 0 saturated carbocycles. The van der Waals surface area contributed by atoms with Gasteiger partial charge in [-0.1, -0.05) is 29.8 Å². The van der Waals surface area contributed by atoms with Crippen molar-refractivity contribution < 1.29 is 19.4 Å². The number of aliphatic carboxylic acids is 1. The highest BCUT2D eigenvalue weighted by Crippen LogP contribution is 2.21. The first kappa shape index (κ1) is 20.0. The van der Waals surface area contributed by atoms with Crippen molar-refractivity contribution in [1.29, 1.82) is 5.26 Å². The standard InChI is InChI=1S/C20H17ClN2O4/c1-12-3-6-16(21)10-18(12)23-19(24)15(11-22)9-14-4-7-17(8-5-14)27-13(2)20(25)26/h3-10,13H,1-2H3,(H,23,24)(H,25,26)/b15-9+. The number of aryl methyl sites for hydroxylation is 1. The van der Waals surface area contributed by atoms with Crippen molar-refractivity contribution >= 4 is 35.2 Å². The van der Waals surface area contributed by atoms with E-state index in [0.717, 1.165) is 5.56 Å². The van der Waals surface area contributed by atoms with Crippen LogP contribution in [-0.4, -0.2) is 23.1 Å². The first-order valence-corrected chi connectivity index (χ1v) is 8.37. The molecule has 2 aromatic rings. The van der Waals surface area contributed by atoms with Crippen molar-refractivity contribution in [3.05, 3.63) is 64.2 Å². The fourth-order valence-corrected chi connectivity index (χ4v) is 2.30. The van der Waals surface area contributed by atoms with Crippen LogP contribution in [0.25, 0.3) is 6.08 Å². The van der Waals surface area contributed by atoms with Crippen LogP contribution in [0.4, 0.5) is 5.69 Å². The second-order valence-electron chi connectivity index (χ2n) is 5.75. The zero-order valence-electron chi connectivity index (χ0n) is 14.7. The summed E-state index contributed by atoms with van der Waals surface area (Å²) in [6.07, 6.45) is 0.451. The number of nitrogens with zero attached hydrogens (tertiary/aromatic N) is 1. The predicted molar refractivity (Wildman–Crippen MR) is 103 cm³/mol. The number of rotatable bonds is 6. The molecule has 0 heterocycles. The summed E-state index contributed by atoms with van der Waals surface area (Å²) >= 11 is 5.93. The van der Waals surface area contributed by atoms with E-state index in [1.54, 1.807) is 42.5 Å². The molecule has 0 aliphatic rings. The number of carbonyl (C=O) groups is 2. The number of amides is 1. The van der Waals surface area contributed by atoms with Gasteiger partial charge in [0.1, 0.15) is 17.4 Å². The Hall–Kier alpha value is -3.30. The van der Waals surface area contributed by atoms with Crippen LogP contribution in [0.5, 0.6) is 5.75 Å². The molecule has 1 amide bonds. The van der Waals surface area contributed by atoms with Crippen molar-refractivity contribution in [3.63, 3.8) is 0 Å². The topological polar surface area (TPSA) is 99.4 Å². The minimum absolute atomic E-state index is 0.0815. The lowest BCUT2D eigenvalue weighted by atomic mass is 10.1. The second kappa shape index (κ2) is 8.88. The van der Waals surface area contributed by atoms with Gasteiger partial charge in [0.05, 0.1) is 0 Å². The Labute approximate surface area is 161 Å². The Kier molecular flexibility index (Phi) is 6.58. The summed E-state index contributed by atoms with van der Waals surface area (Å²) in [6, 6.07) is 13.3. The average Bonchev–Trinajstić information content (AvgIpc) is 2.63. The number of carboxylic acid groups (broad SMARTS) is 1. The molecule has 1 unspecified atom stereocenters. The van der Waals surface area contributed by atoms with Gasteiger partial charge in [0.15, 0.2) is 6.10 Å². The molecule has 7 heteroatoms. The van der Waals surface area contributed by atoms with E-state index in [2.05, 4.69) is 5.32 Å². The van der Waals surface area contributed by atoms with Crippen LogP contribution in [-0.2, 0) is 9.59 Å². The Balaban J connectivity index is 2.15. The maximum absolute atomic E-state index is 12.4. The summed E-state index contributed by atoms with van der Waals surface area (Å²) in [5, 5.41) is 21.3. The Morgan fingerprint density at radius 1 is 1.26 bits per heavy atom. The van der Waals surface area contributed by atoms with Crippen molar-refractivity contribution in [1.82, 2.24) is 0 Å². The van der Waals surface area contributed by atoms with E-state index in [-0.39, 0.29) is 5.57 Å². The molecule has 2 aromatic carbocycles. The molecule has 0 bridgehead atoms. The molecule has 138 valence electrons. The number of carboxylic acids is 1. The molecule has 0 aliphatic carbocycles. The number of nitriles is 1. The summed E-state index contributed by atoms with van der Waals surface area (Å²) < 4.78 is 5.24. The maximum Gasteiger partial charge on any atom is 0.344 e. The molecule has 6 nitrogen and oxygen atoms in total. The zero-order valence-corrected chi connectivity index (χ0v) is 15.4. The van der Waals surface area contributed by atoms with Gasteiger partial charge in [-0.2, -0.15) is 5.26 Å². The zero-order chi connectivity index (χ0) is 20.0. The van der Waals surface area contributed by atoms with E-state index in [0.29, 0.717) is 22.0 Å². The average molecular weight is 385 g/mol. The van der Waals surface area contributed by atoms with Crippen molar-refractivity contribution in [2.75, 3.05) is 5.32 Å². The number of ether oxygens (including phenoxy) is 1. The van der Waals surface area contributed by atoms with Gasteiger partial charge in [-0.15, -0.1) is 0 Å². The largest absolute Gasteiger partial charge is 0.479 e. The molecular weight excluding hydrogens is 368 g/mol. The number of carbonyl (C=O) groups excluding carboxylic acids is 1. The summed E-state index contributed by atoms with van der Waals surface area (Å²) in [5.74, 6) is -1.25. The number of benzene rings is 2. The molecule has 27 heavy (non-hydrogen) atoms.